The Morgan fingerprint density at radius 2 is 1.75 bits per heavy atom. The topological polar surface area (TPSA) is 30.5 Å². The van der Waals surface area contributed by atoms with Gasteiger partial charge in [0.05, 0.1) is 16.1 Å². The van der Waals surface area contributed by atoms with Crippen LogP contribution in [-0.4, -0.2) is 27.4 Å². The van der Waals surface area contributed by atoms with Gasteiger partial charge in [-0.3, -0.25) is 0 Å². The van der Waals surface area contributed by atoms with Crippen molar-refractivity contribution in [1.82, 2.24) is 5.32 Å². The number of benzene rings is 1. The van der Waals surface area contributed by atoms with Crippen molar-refractivity contribution in [2.45, 2.75) is 26.8 Å². The smallest absolute Gasteiger partial charge is 0.147 e. The molecule has 0 heterocycles. The van der Waals surface area contributed by atoms with Crippen molar-refractivity contribution >= 4 is 31.9 Å². The number of ether oxygens (including phenoxy) is 2. The van der Waals surface area contributed by atoms with Crippen LogP contribution >= 0.6 is 31.9 Å². The standard InChI is InChI=1S/C15H23Br2NO2/c1-15(2,5-6-19-3)10-18-9-11-7-12(16)14(20-4)13(17)8-11/h7-8,18H,5-6,9-10H2,1-4H3. The first-order chi connectivity index (χ1) is 9.39. The fourth-order valence-corrected chi connectivity index (χ4v) is 3.53. The zero-order valence-electron chi connectivity index (χ0n) is 12.6. The van der Waals surface area contributed by atoms with Gasteiger partial charge in [-0.25, -0.2) is 0 Å². The summed E-state index contributed by atoms with van der Waals surface area (Å²) < 4.78 is 12.4. The summed E-state index contributed by atoms with van der Waals surface area (Å²) >= 11 is 7.05. The van der Waals surface area contributed by atoms with E-state index in [2.05, 4.69) is 63.2 Å². The van der Waals surface area contributed by atoms with Gasteiger partial charge in [0.25, 0.3) is 0 Å². The second-order valence-electron chi connectivity index (χ2n) is 5.60. The second-order valence-corrected chi connectivity index (χ2v) is 7.31. The fourth-order valence-electron chi connectivity index (χ4n) is 1.92. The van der Waals surface area contributed by atoms with Crippen molar-refractivity contribution in [2.24, 2.45) is 5.41 Å². The minimum absolute atomic E-state index is 0.233. The average Bonchev–Trinajstić information content (AvgIpc) is 2.36. The van der Waals surface area contributed by atoms with Crippen molar-refractivity contribution in [3.63, 3.8) is 0 Å². The highest BCUT2D eigenvalue weighted by Crippen LogP contribution is 2.34. The van der Waals surface area contributed by atoms with E-state index in [0.29, 0.717) is 0 Å². The van der Waals surface area contributed by atoms with E-state index in [9.17, 15) is 0 Å². The Morgan fingerprint density at radius 3 is 2.25 bits per heavy atom. The van der Waals surface area contributed by atoms with Gasteiger partial charge in [-0.2, -0.15) is 0 Å². The molecule has 0 aliphatic heterocycles. The lowest BCUT2D eigenvalue weighted by Crippen LogP contribution is -2.30. The van der Waals surface area contributed by atoms with E-state index in [0.717, 1.165) is 40.8 Å². The molecule has 1 aromatic rings. The van der Waals surface area contributed by atoms with Crippen molar-refractivity contribution in [2.75, 3.05) is 27.4 Å². The largest absolute Gasteiger partial charge is 0.494 e. The van der Waals surface area contributed by atoms with Gasteiger partial charge in [-0.15, -0.1) is 0 Å². The van der Waals surface area contributed by atoms with Gasteiger partial charge in [0.15, 0.2) is 0 Å². The van der Waals surface area contributed by atoms with E-state index in [1.807, 2.05) is 0 Å². The van der Waals surface area contributed by atoms with E-state index in [-0.39, 0.29) is 5.41 Å². The van der Waals surface area contributed by atoms with E-state index >= 15 is 0 Å². The van der Waals surface area contributed by atoms with Crippen LogP contribution in [0.2, 0.25) is 0 Å². The van der Waals surface area contributed by atoms with Gasteiger partial charge in [0.1, 0.15) is 5.75 Å². The molecule has 0 amide bonds. The summed E-state index contributed by atoms with van der Waals surface area (Å²) in [6.45, 7) is 7.08. The van der Waals surface area contributed by atoms with Crippen LogP contribution in [0.5, 0.6) is 5.75 Å². The van der Waals surface area contributed by atoms with Crippen LogP contribution in [0, 0.1) is 5.41 Å². The summed E-state index contributed by atoms with van der Waals surface area (Å²) in [7, 11) is 3.41. The van der Waals surface area contributed by atoms with Crippen molar-refractivity contribution in [3.8, 4) is 5.75 Å². The first-order valence-electron chi connectivity index (χ1n) is 6.61. The number of halogens is 2. The quantitative estimate of drug-likeness (QED) is 0.692. The molecule has 1 N–H and O–H groups in total. The normalized spacial score (nSPS) is 11.7. The molecule has 0 radical (unpaired) electrons. The lowest BCUT2D eigenvalue weighted by Gasteiger charge is -2.24. The van der Waals surface area contributed by atoms with Crippen LogP contribution in [0.3, 0.4) is 0 Å². The Labute approximate surface area is 138 Å². The minimum atomic E-state index is 0.233. The van der Waals surface area contributed by atoms with E-state index in [1.165, 1.54) is 5.56 Å². The van der Waals surface area contributed by atoms with Gasteiger partial charge in [0, 0.05) is 26.8 Å². The van der Waals surface area contributed by atoms with Crippen molar-refractivity contribution in [3.05, 3.63) is 26.6 Å². The molecule has 3 nitrogen and oxygen atoms in total. The molecule has 0 atom stereocenters. The molecule has 114 valence electrons. The maximum absolute atomic E-state index is 5.31. The SMILES string of the molecule is COCCC(C)(C)CNCc1cc(Br)c(OC)c(Br)c1. The Morgan fingerprint density at radius 1 is 1.15 bits per heavy atom. The predicted octanol–water partition coefficient (Wildman–Crippen LogP) is 4.37. The molecule has 0 aromatic heterocycles. The Balaban J connectivity index is 2.54. The molecule has 0 bridgehead atoms. The van der Waals surface area contributed by atoms with Crippen LogP contribution in [-0.2, 0) is 11.3 Å². The Bertz CT molecular complexity index is 413. The number of methoxy groups -OCH3 is 2. The van der Waals surface area contributed by atoms with Gasteiger partial charge in [0.2, 0.25) is 0 Å². The summed E-state index contributed by atoms with van der Waals surface area (Å²) in [4.78, 5) is 0. The summed E-state index contributed by atoms with van der Waals surface area (Å²) in [5, 5.41) is 3.50. The van der Waals surface area contributed by atoms with E-state index in [1.54, 1.807) is 14.2 Å². The molecular formula is C15H23Br2NO2. The molecule has 0 saturated carbocycles. The molecule has 0 saturated heterocycles. The second kappa shape index (κ2) is 8.37. The number of hydrogen-bond donors (Lipinski definition) is 1. The van der Waals surface area contributed by atoms with Crippen LogP contribution in [0.25, 0.3) is 0 Å². The van der Waals surface area contributed by atoms with Crippen LogP contribution in [0.15, 0.2) is 21.1 Å². The predicted molar refractivity (Wildman–Crippen MR) is 90.4 cm³/mol. The third-order valence-corrected chi connectivity index (χ3v) is 4.36. The molecule has 1 rings (SSSR count). The lowest BCUT2D eigenvalue weighted by molar-refractivity contribution is 0.150. The monoisotopic (exact) mass is 407 g/mol. The summed E-state index contributed by atoms with van der Waals surface area (Å²) in [6.07, 6.45) is 1.05. The first kappa shape index (κ1) is 18.0. The van der Waals surface area contributed by atoms with Crippen molar-refractivity contribution in [1.29, 1.82) is 0 Å². The maximum atomic E-state index is 5.31. The lowest BCUT2D eigenvalue weighted by atomic mass is 9.89. The third-order valence-electron chi connectivity index (χ3n) is 3.18. The fraction of sp³-hybridized carbons (Fsp3) is 0.600. The van der Waals surface area contributed by atoms with Crippen LogP contribution in [0.4, 0.5) is 0 Å². The molecular weight excluding hydrogens is 386 g/mol. The first-order valence-corrected chi connectivity index (χ1v) is 8.20. The summed E-state index contributed by atoms with van der Waals surface area (Å²) in [5.41, 5.74) is 1.45. The maximum Gasteiger partial charge on any atom is 0.147 e. The van der Waals surface area contributed by atoms with Crippen molar-refractivity contribution < 1.29 is 9.47 Å². The molecule has 0 aliphatic carbocycles. The minimum Gasteiger partial charge on any atom is -0.494 e. The number of rotatable bonds is 8. The highest BCUT2D eigenvalue weighted by Gasteiger charge is 2.17. The zero-order chi connectivity index (χ0) is 15.2. The summed E-state index contributed by atoms with van der Waals surface area (Å²) in [5.74, 6) is 0.828. The highest BCUT2D eigenvalue weighted by molar-refractivity contribution is 9.11. The Kier molecular flexibility index (Phi) is 7.51. The Hall–Kier alpha value is -0.100. The third kappa shape index (κ3) is 5.72. The van der Waals surface area contributed by atoms with Gasteiger partial charge >= 0.3 is 0 Å². The van der Waals surface area contributed by atoms with Gasteiger partial charge in [-0.1, -0.05) is 13.8 Å². The average molecular weight is 409 g/mol. The molecule has 1 aromatic carbocycles. The number of nitrogens with one attached hydrogen (secondary N) is 1. The molecule has 5 heteroatoms. The molecule has 0 unspecified atom stereocenters. The van der Waals surface area contributed by atoms with Gasteiger partial charge < -0.3 is 14.8 Å². The number of hydrogen-bond acceptors (Lipinski definition) is 3. The van der Waals surface area contributed by atoms with E-state index < -0.39 is 0 Å². The zero-order valence-corrected chi connectivity index (χ0v) is 15.7. The van der Waals surface area contributed by atoms with E-state index in [4.69, 9.17) is 9.47 Å². The summed E-state index contributed by atoms with van der Waals surface area (Å²) in [6, 6.07) is 4.16. The molecule has 0 fully saturated rings. The van der Waals surface area contributed by atoms with Crippen LogP contribution < -0.4 is 10.1 Å². The van der Waals surface area contributed by atoms with Gasteiger partial charge in [-0.05, 0) is 61.4 Å². The molecule has 0 aliphatic rings. The molecule has 20 heavy (non-hydrogen) atoms. The van der Waals surface area contributed by atoms with Crippen LogP contribution in [0.1, 0.15) is 25.8 Å². The highest BCUT2D eigenvalue weighted by atomic mass is 79.9. The molecule has 0 spiro atoms.